The van der Waals surface area contributed by atoms with E-state index in [1.54, 1.807) is 24.3 Å². The fraction of sp³-hybridized carbons (Fsp3) is 0.333. The molecule has 4 nitrogen and oxygen atoms in total. The Bertz CT molecular complexity index is 506. The van der Waals surface area contributed by atoms with Crippen LogP contribution in [0.4, 0.5) is 18.9 Å². The van der Waals surface area contributed by atoms with Gasteiger partial charge < -0.3 is 15.4 Å². The predicted molar refractivity (Wildman–Crippen MR) is 72.6 cm³/mol. The van der Waals surface area contributed by atoms with Crippen LogP contribution in [0.1, 0.15) is 5.56 Å². The summed E-state index contributed by atoms with van der Waals surface area (Å²) in [6, 6.07) is 6.57. The zero-order valence-corrected chi connectivity index (χ0v) is 11.4. The number of amides is 1. The Balaban J connectivity index is 2.72. The number of nitrogens with two attached hydrogens (primary N) is 1. The second-order valence-electron chi connectivity index (χ2n) is 3.94. The highest BCUT2D eigenvalue weighted by molar-refractivity contribution is 7.80. The minimum atomic E-state index is -4.46. The van der Waals surface area contributed by atoms with Crippen LogP contribution in [0.15, 0.2) is 24.3 Å². The topological polar surface area (TPSA) is 55.6 Å². The lowest BCUT2D eigenvalue weighted by molar-refractivity contribution is -0.175. The maximum Gasteiger partial charge on any atom is 0.411 e. The maximum atomic E-state index is 11.9. The van der Waals surface area contributed by atoms with Crippen molar-refractivity contribution in [1.82, 2.24) is 0 Å². The zero-order chi connectivity index (χ0) is 15.3. The van der Waals surface area contributed by atoms with Gasteiger partial charge in [0.25, 0.3) is 5.91 Å². The van der Waals surface area contributed by atoms with Crippen molar-refractivity contribution >= 4 is 28.8 Å². The van der Waals surface area contributed by atoms with Crippen LogP contribution < -0.4 is 10.6 Å². The van der Waals surface area contributed by atoms with Gasteiger partial charge in [-0.1, -0.05) is 24.4 Å². The van der Waals surface area contributed by atoms with Gasteiger partial charge in [0.05, 0.1) is 5.69 Å². The first-order chi connectivity index (χ1) is 9.22. The number of ether oxygens (including phenoxy) is 1. The molecule has 0 aliphatic carbocycles. The Hall–Kier alpha value is -1.67. The lowest BCUT2D eigenvalue weighted by Crippen LogP contribution is -2.33. The summed E-state index contributed by atoms with van der Waals surface area (Å²) in [6.45, 7) is -2.15. The molecule has 0 saturated carbocycles. The quantitative estimate of drug-likeness (QED) is 0.844. The van der Waals surface area contributed by atoms with Crippen LogP contribution in [0, 0.1) is 0 Å². The van der Waals surface area contributed by atoms with E-state index in [2.05, 4.69) is 4.74 Å². The number of alkyl halides is 3. The molecule has 0 bridgehead atoms. The number of carbonyl (C=O) groups excluding carboxylic acids is 1. The summed E-state index contributed by atoms with van der Waals surface area (Å²) < 4.78 is 40.1. The van der Waals surface area contributed by atoms with Gasteiger partial charge in [0, 0.05) is 12.6 Å². The Morgan fingerprint density at radius 2 is 2.00 bits per heavy atom. The second-order valence-corrected chi connectivity index (χ2v) is 4.38. The normalized spacial score (nSPS) is 11.2. The van der Waals surface area contributed by atoms with Gasteiger partial charge in [-0.15, -0.1) is 0 Å². The van der Waals surface area contributed by atoms with Crippen molar-refractivity contribution in [2.24, 2.45) is 5.73 Å². The first-order valence-electron chi connectivity index (χ1n) is 5.52. The first kappa shape index (κ1) is 16.4. The fourth-order valence-corrected chi connectivity index (χ4v) is 1.63. The van der Waals surface area contributed by atoms with E-state index in [0.29, 0.717) is 11.3 Å². The Morgan fingerprint density at radius 1 is 1.40 bits per heavy atom. The van der Waals surface area contributed by atoms with Crippen molar-refractivity contribution in [2.75, 3.05) is 25.2 Å². The van der Waals surface area contributed by atoms with Crippen LogP contribution in [-0.4, -0.2) is 37.3 Å². The number of hydrogen-bond donors (Lipinski definition) is 1. The van der Waals surface area contributed by atoms with Crippen molar-refractivity contribution in [3.63, 3.8) is 0 Å². The second kappa shape index (κ2) is 6.67. The summed E-state index contributed by atoms with van der Waals surface area (Å²) >= 11 is 4.85. The van der Waals surface area contributed by atoms with Gasteiger partial charge in [-0.2, -0.15) is 13.2 Å². The first-order valence-corrected chi connectivity index (χ1v) is 5.93. The highest BCUT2D eigenvalue weighted by Crippen LogP contribution is 2.19. The molecule has 110 valence electrons. The van der Waals surface area contributed by atoms with Crippen molar-refractivity contribution in [3.8, 4) is 0 Å². The molecule has 1 aromatic carbocycles. The van der Waals surface area contributed by atoms with E-state index in [1.807, 2.05) is 0 Å². The van der Waals surface area contributed by atoms with Crippen molar-refractivity contribution in [2.45, 2.75) is 6.18 Å². The summed E-state index contributed by atoms with van der Waals surface area (Å²) in [7, 11) is 1.41. The smallest absolute Gasteiger partial charge is 0.389 e. The third kappa shape index (κ3) is 4.78. The molecule has 0 saturated heterocycles. The molecular formula is C12H13F3N2O2S. The number of carbonyl (C=O) groups is 1. The highest BCUT2D eigenvalue weighted by Gasteiger charge is 2.28. The van der Waals surface area contributed by atoms with Gasteiger partial charge in [0.2, 0.25) is 0 Å². The van der Waals surface area contributed by atoms with E-state index >= 15 is 0 Å². The van der Waals surface area contributed by atoms with Gasteiger partial charge in [-0.25, -0.2) is 0 Å². The van der Waals surface area contributed by atoms with Crippen LogP contribution in [-0.2, 0) is 9.53 Å². The van der Waals surface area contributed by atoms with Gasteiger partial charge in [0.1, 0.15) is 18.2 Å². The number of halogens is 3. The number of hydrogen-bond acceptors (Lipinski definition) is 3. The minimum absolute atomic E-state index is 0.0939. The predicted octanol–water partition coefficient (Wildman–Crippen LogP) is 1.86. The van der Waals surface area contributed by atoms with Crippen molar-refractivity contribution in [3.05, 3.63) is 29.8 Å². The molecular weight excluding hydrogens is 293 g/mol. The molecule has 0 fully saturated rings. The van der Waals surface area contributed by atoms with Gasteiger partial charge in [-0.3, -0.25) is 4.79 Å². The fourth-order valence-electron chi connectivity index (χ4n) is 1.46. The average Bonchev–Trinajstić information content (AvgIpc) is 2.36. The monoisotopic (exact) mass is 306 g/mol. The number of nitrogens with zero attached hydrogens (tertiary/aromatic N) is 1. The van der Waals surface area contributed by atoms with E-state index < -0.39 is 25.3 Å². The van der Waals surface area contributed by atoms with Crippen LogP contribution in [0.25, 0.3) is 0 Å². The molecule has 2 N–H and O–H groups in total. The molecule has 8 heteroatoms. The third-order valence-corrected chi connectivity index (χ3v) is 2.62. The number of thiocarbonyl (C=S) groups is 1. The van der Waals surface area contributed by atoms with E-state index in [4.69, 9.17) is 18.0 Å². The third-order valence-electron chi connectivity index (χ3n) is 2.40. The van der Waals surface area contributed by atoms with Gasteiger partial charge in [-0.05, 0) is 12.1 Å². The molecule has 0 unspecified atom stereocenters. The summed E-state index contributed by atoms with van der Waals surface area (Å²) in [5.41, 5.74) is 6.41. The molecule has 0 heterocycles. The molecule has 0 aliphatic rings. The number of anilines is 1. The molecule has 0 atom stereocenters. The zero-order valence-electron chi connectivity index (χ0n) is 10.6. The Kier molecular flexibility index (Phi) is 5.46. The number of likely N-dealkylation sites (N-methyl/N-ethyl adjacent to an activating group) is 1. The van der Waals surface area contributed by atoms with Crippen LogP contribution in [0.5, 0.6) is 0 Å². The van der Waals surface area contributed by atoms with Crippen LogP contribution in [0.3, 0.4) is 0 Å². The summed E-state index contributed by atoms with van der Waals surface area (Å²) in [5, 5.41) is 0. The molecule has 1 amide bonds. The molecule has 1 aromatic rings. The van der Waals surface area contributed by atoms with Crippen LogP contribution >= 0.6 is 12.2 Å². The maximum absolute atomic E-state index is 11.9. The standard InChI is InChI=1S/C12H13F3N2O2S/c1-17(10(18)6-19-7-12(13,14)15)9-5-3-2-4-8(9)11(16)20/h2-5H,6-7H2,1H3,(H2,16,20). The van der Waals surface area contributed by atoms with Crippen molar-refractivity contribution < 1.29 is 22.7 Å². The minimum Gasteiger partial charge on any atom is -0.389 e. The summed E-state index contributed by atoms with van der Waals surface area (Å²) in [6.07, 6.45) is -4.46. The number of para-hydroxylation sites is 1. The molecule has 0 aliphatic heterocycles. The van der Waals surface area contributed by atoms with E-state index in [0.717, 1.165) is 4.90 Å². The largest absolute Gasteiger partial charge is 0.411 e. The lowest BCUT2D eigenvalue weighted by Gasteiger charge is -2.20. The molecule has 1 rings (SSSR count). The van der Waals surface area contributed by atoms with Gasteiger partial charge in [0.15, 0.2) is 0 Å². The van der Waals surface area contributed by atoms with E-state index in [9.17, 15) is 18.0 Å². The summed E-state index contributed by atoms with van der Waals surface area (Å²) in [5.74, 6) is -0.627. The van der Waals surface area contributed by atoms with E-state index in [1.165, 1.54) is 7.05 Å². The summed E-state index contributed by atoms with van der Waals surface area (Å²) in [4.78, 5) is 13.0. The van der Waals surface area contributed by atoms with E-state index in [-0.39, 0.29) is 4.99 Å². The van der Waals surface area contributed by atoms with Gasteiger partial charge >= 0.3 is 6.18 Å². The lowest BCUT2D eigenvalue weighted by atomic mass is 10.1. The number of rotatable bonds is 5. The SMILES string of the molecule is CN(C(=O)COCC(F)(F)F)c1ccccc1C(N)=S. The Labute approximate surface area is 119 Å². The van der Waals surface area contributed by atoms with Crippen molar-refractivity contribution in [1.29, 1.82) is 0 Å². The average molecular weight is 306 g/mol. The molecule has 0 spiro atoms. The highest BCUT2D eigenvalue weighted by atomic mass is 32.1. The van der Waals surface area contributed by atoms with Crippen LogP contribution in [0.2, 0.25) is 0 Å². The molecule has 0 aromatic heterocycles. The number of benzene rings is 1. The Morgan fingerprint density at radius 3 is 2.55 bits per heavy atom. The molecule has 20 heavy (non-hydrogen) atoms. The molecule has 0 radical (unpaired) electrons.